The highest BCUT2D eigenvalue weighted by Crippen LogP contribution is 2.35. The summed E-state index contributed by atoms with van der Waals surface area (Å²) in [4.78, 5) is 46.5. The van der Waals surface area contributed by atoms with Crippen LogP contribution in [0.4, 0.5) is 0 Å². The van der Waals surface area contributed by atoms with Gasteiger partial charge in [0.25, 0.3) is 5.91 Å². The number of amides is 1. The number of likely N-dealkylation sites (tertiary alicyclic amines) is 1. The molecule has 5 aromatic carbocycles. The van der Waals surface area contributed by atoms with E-state index in [9.17, 15) is 29.7 Å². The minimum Gasteiger partial charge on any atom is -0.506 e. The molecule has 1 amide bonds. The molecule has 1 aromatic heterocycles. The summed E-state index contributed by atoms with van der Waals surface area (Å²) in [6.07, 6.45) is 3.68. The molecule has 11 heteroatoms. The first-order chi connectivity index (χ1) is 30.2. The topological polar surface area (TPSA) is 155 Å². The first-order valence-electron chi connectivity index (χ1n) is 21.3. The third-order valence-corrected chi connectivity index (χ3v) is 12.1. The first kappa shape index (κ1) is 42.3. The van der Waals surface area contributed by atoms with Crippen LogP contribution in [0, 0.1) is 5.92 Å². The molecule has 0 spiro atoms. The molecule has 0 unspecified atom stereocenters. The van der Waals surface area contributed by atoms with Crippen LogP contribution >= 0.6 is 0 Å². The lowest BCUT2D eigenvalue weighted by molar-refractivity contribution is -0.164. The Morgan fingerprint density at radius 1 is 0.823 bits per heavy atom. The summed E-state index contributed by atoms with van der Waals surface area (Å²) in [7, 11) is 0. The van der Waals surface area contributed by atoms with Crippen molar-refractivity contribution in [2.24, 2.45) is 5.92 Å². The molecule has 8 rings (SSSR count). The minimum atomic E-state index is -2.04. The van der Waals surface area contributed by atoms with Crippen molar-refractivity contribution in [3.63, 3.8) is 0 Å². The molecular formula is C51H52N4O7. The number of phenols is 1. The van der Waals surface area contributed by atoms with Gasteiger partial charge in [0.2, 0.25) is 11.2 Å². The summed E-state index contributed by atoms with van der Waals surface area (Å²) in [5.41, 5.74) is 3.81. The van der Waals surface area contributed by atoms with Gasteiger partial charge in [-0.05, 0) is 102 Å². The number of fused-ring (bicyclic) bond motifs is 1. The number of aromatic hydroxyl groups is 1. The quantitative estimate of drug-likeness (QED) is 0.0757. The van der Waals surface area contributed by atoms with Gasteiger partial charge in [0.05, 0.1) is 18.2 Å². The monoisotopic (exact) mass is 832 g/mol. The van der Waals surface area contributed by atoms with Gasteiger partial charge < -0.3 is 35.3 Å². The zero-order chi connectivity index (χ0) is 43.1. The number of H-pyrrole nitrogens is 1. The van der Waals surface area contributed by atoms with E-state index in [1.165, 1.54) is 17.7 Å². The molecule has 11 nitrogen and oxygen atoms in total. The van der Waals surface area contributed by atoms with Gasteiger partial charge in [0.1, 0.15) is 5.75 Å². The highest BCUT2D eigenvalue weighted by molar-refractivity contribution is 5.95. The van der Waals surface area contributed by atoms with Crippen molar-refractivity contribution in [2.75, 3.05) is 39.3 Å². The number of nitrogens with one attached hydrogen (secondary N) is 2. The van der Waals surface area contributed by atoms with Crippen molar-refractivity contribution in [1.82, 2.24) is 20.1 Å². The van der Waals surface area contributed by atoms with Gasteiger partial charge in [-0.1, -0.05) is 103 Å². The molecule has 0 aliphatic carbocycles. The Kier molecular flexibility index (Phi) is 13.1. The number of piperidine rings is 1. The maximum atomic E-state index is 14.1. The van der Waals surface area contributed by atoms with Crippen LogP contribution < -0.4 is 10.9 Å². The molecule has 0 bridgehead atoms. The first-order valence-corrected chi connectivity index (χ1v) is 21.3. The molecule has 0 saturated carbocycles. The lowest BCUT2D eigenvalue weighted by Gasteiger charge is -2.33. The fourth-order valence-electron chi connectivity index (χ4n) is 8.56. The van der Waals surface area contributed by atoms with E-state index >= 15 is 0 Å². The molecule has 62 heavy (non-hydrogen) atoms. The summed E-state index contributed by atoms with van der Waals surface area (Å²) in [5, 5.41) is 37.3. The maximum absolute atomic E-state index is 14.1. The number of phenolic OH excluding ortho intramolecular Hbond substituents is 1. The van der Waals surface area contributed by atoms with Gasteiger partial charge in [0.15, 0.2) is 0 Å². The smallest absolute Gasteiger partial charge is 0.347 e. The lowest BCUT2D eigenvalue weighted by Crippen LogP contribution is -2.40. The number of hydrogen-bond donors (Lipinski definition) is 5. The van der Waals surface area contributed by atoms with Crippen LogP contribution in [0.15, 0.2) is 144 Å². The van der Waals surface area contributed by atoms with Crippen LogP contribution in [0.2, 0.25) is 0 Å². The van der Waals surface area contributed by atoms with E-state index in [4.69, 9.17) is 4.74 Å². The maximum Gasteiger partial charge on any atom is 0.347 e. The summed E-state index contributed by atoms with van der Waals surface area (Å²) >= 11 is 0. The zero-order valence-corrected chi connectivity index (χ0v) is 34.6. The molecule has 1 fully saturated rings. The van der Waals surface area contributed by atoms with Crippen molar-refractivity contribution in [3.05, 3.63) is 189 Å². The Bertz CT molecular complexity index is 2590. The minimum absolute atomic E-state index is 0.0648. The van der Waals surface area contributed by atoms with Gasteiger partial charge in [-0.3, -0.25) is 14.5 Å². The number of hydrogen-bond acceptors (Lipinski definition) is 9. The fraction of sp³-hybridized carbons (Fsp3) is 0.275. The Morgan fingerprint density at radius 2 is 1.55 bits per heavy atom. The second-order valence-electron chi connectivity index (χ2n) is 16.3. The molecule has 6 aromatic rings. The summed E-state index contributed by atoms with van der Waals surface area (Å²) in [5.74, 6) is -0.671. The van der Waals surface area contributed by atoms with E-state index in [2.05, 4.69) is 45.5 Å². The van der Waals surface area contributed by atoms with Gasteiger partial charge in [-0.15, -0.1) is 0 Å². The number of ether oxygens (including phenoxy) is 1. The average Bonchev–Trinajstić information content (AvgIpc) is 3.32. The number of benzene rings is 5. The van der Waals surface area contributed by atoms with Gasteiger partial charge in [-0.2, -0.15) is 0 Å². The summed E-state index contributed by atoms with van der Waals surface area (Å²) in [6, 6.07) is 40.1. The number of aromatic nitrogens is 1. The Labute approximate surface area is 360 Å². The molecule has 318 valence electrons. The lowest BCUT2D eigenvalue weighted by atomic mass is 9.84. The van der Waals surface area contributed by atoms with Crippen LogP contribution in [-0.2, 0) is 28.2 Å². The summed E-state index contributed by atoms with van der Waals surface area (Å²) < 4.78 is 5.96. The second kappa shape index (κ2) is 19.1. The normalized spacial score (nSPS) is 16.4. The number of aromatic amines is 1. The standard InChI is InChI=1S/C51H52N4O7/c56-45-22-20-43(44-21-23-47(58)53-48(44)45)46(57)31-52-30-35-16-18-38(19-17-35)49(59)55-26-8-12-40(33-55)39-11-7-15-42(29-39)51(61,41-13-5-2-6-14-41)50(60)62-34-37-24-27-54(28-25-37)32-36-9-3-1-4-10-36/h1-7,9-23,29,37,46,52,56-57,61H,8,24-28,30-34H2,(H,53,58)/t46-,51-/m0/s1. The number of rotatable bonds is 14. The Hall–Kier alpha value is -6.37. The average molecular weight is 833 g/mol. The molecule has 1 saturated heterocycles. The third kappa shape index (κ3) is 9.56. The predicted octanol–water partition coefficient (Wildman–Crippen LogP) is 6.68. The number of nitrogens with zero attached hydrogens (tertiary/aromatic N) is 2. The number of carbonyl (C=O) groups is 2. The molecule has 2 aliphatic heterocycles. The number of pyridine rings is 1. The van der Waals surface area contributed by atoms with E-state index in [0.29, 0.717) is 53.7 Å². The van der Waals surface area contributed by atoms with Gasteiger partial charge in [-0.25, -0.2) is 4.79 Å². The molecule has 2 aliphatic rings. The third-order valence-electron chi connectivity index (χ3n) is 12.1. The molecule has 3 heterocycles. The van der Waals surface area contributed by atoms with E-state index in [0.717, 1.165) is 49.2 Å². The van der Waals surface area contributed by atoms with Crippen LogP contribution in [0.25, 0.3) is 16.5 Å². The van der Waals surface area contributed by atoms with Crippen LogP contribution in [0.1, 0.15) is 69.1 Å². The number of aliphatic hydroxyl groups excluding tert-OH is 1. The van der Waals surface area contributed by atoms with Crippen LogP contribution in [0.5, 0.6) is 5.75 Å². The molecule has 0 radical (unpaired) electrons. The van der Waals surface area contributed by atoms with Gasteiger partial charge in [0, 0.05) is 55.3 Å². The number of aliphatic hydroxyl groups is 2. The highest BCUT2D eigenvalue weighted by atomic mass is 16.5. The van der Waals surface area contributed by atoms with Crippen molar-refractivity contribution in [1.29, 1.82) is 0 Å². The second-order valence-corrected chi connectivity index (χ2v) is 16.3. The largest absolute Gasteiger partial charge is 0.506 e. The zero-order valence-electron chi connectivity index (χ0n) is 34.6. The van der Waals surface area contributed by atoms with Crippen molar-refractivity contribution in [2.45, 2.75) is 44.1 Å². The highest BCUT2D eigenvalue weighted by Gasteiger charge is 2.42. The van der Waals surface area contributed by atoms with E-state index < -0.39 is 17.7 Å². The van der Waals surface area contributed by atoms with Gasteiger partial charge >= 0.3 is 5.97 Å². The molecule has 5 N–H and O–H groups in total. The SMILES string of the molecule is O=C(c1ccc(CNC[C@H](O)c2ccc(O)c3[nH]c(=O)ccc23)cc1)N1CCC=C(c2cccc([C@](O)(C(=O)OCC3CCN(Cc4ccccc4)CC3)c3ccccc3)c2)C1. The predicted molar refractivity (Wildman–Crippen MR) is 239 cm³/mol. The molecule has 2 atom stereocenters. The van der Waals surface area contributed by atoms with Crippen LogP contribution in [-0.4, -0.2) is 81.3 Å². The molecular weight excluding hydrogens is 781 g/mol. The van der Waals surface area contributed by atoms with Crippen LogP contribution in [0.3, 0.4) is 0 Å². The van der Waals surface area contributed by atoms with Crippen molar-refractivity contribution in [3.8, 4) is 5.75 Å². The van der Waals surface area contributed by atoms with E-state index in [1.807, 2.05) is 47.4 Å². The van der Waals surface area contributed by atoms with E-state index in [-0.39, 0.29) is 41.8 Å². The van der Waals surface area contributed by atoms with Crippen molar-refractivity contribution < 1.29 is 29.6 Å². The van der Waals surface area contributed by atoms with E-state index in [1.54, 1.807) is 54.6 Å². The number of carbonyl (C=O) groups excluding carboxylic acids is 2. The summed E-state index contributed by atoms with van der Waals surface area (Å²) in [6.45, 7) is 4.55. The fourth-order valence-corrected chi connectivity index (χ4v) is 8.56. The Morgan fingerprint density at radius 3 is 2.31 bits per heavy atom. The Balaban J connectivity index is 0.882. The van der Waals surface area contributed by atoms with Crippen molar-refractivity contribution >= 4 is 28.4 Å². The number of esters is 1.